The van der Waals surface area contributed by atoms with E-state index >= 15 is 0 Å². The molecule has 0 bridgehead atoms. The van der Waals surface area contributed by atoms with Gasteiger partial charge in [0, 0.05) is 23.4 Å². The molecule has 4 rings (SSSR count). The molecule has 3 aromatic carbocycles. The molecule has 1 aromatic heterocycles. The van der Waals surface area contributed by atoms with Crippen molar-refractivity contribution in [3.8, 4) is 16.9 Å². The first kappa shape index (κ1) is 24.8. The highest BCUT2D eigenvalue weighted by molar-refractivity contribution is 6.09. The number of hydrogen-bond acceptors (Lipinski definition) is 4. The van der Waals surface area contributed by atoms with Crippen LogP contribution in [-0.2, 0) is 12.6 Å². The molecule has 8 heteroatoms. The summed E-state index contributed by atoms with van der Waals surface area (Å²) in [6.07, 6.45) is -4.00. The van der Waals surface area contributed by atoms with Gasteiger partial charge in [0.15, 0.2) is 0 Å². The van der Waals surface area contributed by atoms with Crippen LogP contribution < -0.4 is 15.8 Å². The number of benzene rings is 3. The van der Waals surface area contributed by atoms with Crippen LogP contribution in [0.15, 0.2) is 84.9 Å². The van der Waals surface area contributed by atoms with Gasteiger partial charge >= 0.3 is 6.18 Å². The van der Waals surface area contributed by atoms with E-state index in [1.807, 2.05) is 12.1 Å². The summed E-state index contributed by atoms with van der Waals surface area (Å²) in [6.45, 7) is 1.77. The van der Waals surface area contributed by atoms with Gasteiger partial charge in [-0.15, -0.1) is 0 Å². The van der Waals surface area contributed by atoms with Gasteiger partial charge in [-0.05, 0) is 66.1 Å². The van der Waals surface area contributed by atoms with Gasteiger partial charge in [-0.3, -0.25) is 4.79 Å². The minimum Gasteiger partial charge on any atom is -0.493 e. The Bertz CT molecular complexity index is 1360. The third-order valence-corrected chi connectivity index (χ3v) is 5.57. The molecule has 0 unspecified atom stereocenters. The Labute approximate surface area is 206 Å². The number of carbonyl (C=O) groups is 1. The lowest BCUT2D eigenvalue weighted by molar-refractivity contribution is -0.138. The van der Waals surface area contributed by atoms with E-state index in [1.165, 1.54) is 13.0 Å². The normalized spacial score (nSPS) is 11.2. The zero-order valence-electron chi connectivity index (χ0n) is 19.5. The van der Waals surface area contributed by atoms with Crippen molar-refractivity contribution in [2.24, 2.45) is 0 Å². The van der Waals surface area contributed by atoms with Crippen molar-refractivity contribution >= 4 is 17.4 Å². The quantitative estimate of drug-likeness (QED) is 0.308. The van der Waals surface area contributed by atoms with Crippen LogP contribution in [0.2, 0.25) is 0 Å². The van der Waals surface area contributed by atoms with Gasteiger partial charge in [0.1, 0.15) is 11.6 Å². The molecule has 0 aliphatic heterocycles. The van der Waals surface area contributed by atoms with Crippen molar-refractivity contribution in [1.29, 1.82) is 0 Å². The van der Waals surface area contributed by atoms with Gasteiger partial charge in [-0.25, -0.2) is 4.98 Å². The van der Waals surface area contributed by atoms with Crippen molar-refractivity contribution in [2.45, 2.75) is 19.5 Å². The zero-order valence-corrected chi connectivity index (χ0v) is 19.5. The molecule has 5 nitrogen and oxygen atoms in total. The van der Waals surface area contributed by atoms with E-state index in [2.05, 4.69) is 10.3 Å². The maximum absolute atomic E-state index is 13.6. The summed E-state index contributed by atoms with van der Waals surface area (Å²) in [5.74, 6) is 0.385. The Morgan fingerprint density at radius 3 is 2.36 bits per heavy atom. The number of halogens is 3. The van der Waals surface area contributed by atoms with Crippen molar-refractivity contribution < 1.29 is 22.7 Å². The number of amides is 1. The minimum atomic E-state index is -4.58. The van der Waals surface area contributed by atoms with Gasteiger partial charge in [-0.1, -0.05) is 42.5 Å². The van der Waals surface area contributed by atoms with Gasteiger partial charge < -0.3 is 15.8 Å². The SMILES string of the molecule is Cc1cc(-c2ccccc2)c(C(=O)Nc2ccc(OCCc3cccc(N)n3)cc2)cc1C(F)(F)F. The van der Waals surface area contributed by atoms with E-state index in [9.17, 15) is 18.0 Å². The fourth-order valence-corrected chi connectivity index (χ4v) is 3.80. The predicted octanol–water partition coefficient (Wildman–Crippen LogP) is 6.53. The second-order valence-electron chi connectivity index (χ2n) is 8.21. The monoisotopic (exact) mass is 491 g/mol. The molecule has 1 amide bonds. The number of aryl methyl sites for hydroxylation is 1. The Morgan fingerprint density at radius 2 is 1.69 bits per heavy atom. The highest BCUT2D eigenvalue weighted by Crippen LogP contribution is 2.36. The third-order valence-electron chi connectivity index (χ3n) is 5.57. The largest absolute Gasteiger partial charge is 0.493 e. The van der Waals surface area contributed by atoms with E-state index in [-0.39, 0.29) is 11.1 Å². The van der Waals surface area contributed by atoms with Gasteiger partial charge in [0.2, 0.25) is 0 Å². The van der Waals surface area contributed by atoms with Crippen LogP contribution in [0.5, 0.6) is 5.75 Å². The molecule has 36 heavy (non-hydrogen) atoms. The van der Waals surface area contributed by atoms with Crippen LogP contribution in [-0.4, -0.2) is 17.5 Å². The number of anilines is 2. The van der Waals surface area contributed by atoms with Crippen LogP contribution in [0.4, 0.5) is 24.7 Å². The van der Waals surface area contributed by atoms with Crippen molar-refractivity contribution in [2.75, 3.05) is 17.7 Å². The molecule has 0 aliphatic rings. The van der Waals surface area contributed by atoms with E-state index in [0.29, 0.717) is 41.4 Å². The van der Waals surface area contributed by atoms with Gasteiger partial charge in [0.05, 0.1) is 12.2 Å². The number of nitrogens with two attached hydrogens (primary N) is 1. The second-order valence-corrected chi connectivity index (χ2v) is 8.21. The number of pyridine rings is 1. The summed E-state index contributed by atoms with van der Waals surface area (Å²) in [4.78, 5) is 17.3. The summed E-state index contributed by atoms with van der Waals surface area (Å²) < 4.78 is 46.4. The molecule has 3 N–H and O–H groups in total. The highest BCUT2D eigenvalue weighted by Gasteiger charge is 2.34. The maximum Gasteiger partial charge on any atom is 0.416 e. The Morgan fingerprint density at radius 1 is 0.972 bits per heavy atom. The van der Waals surface area contributed by atoms with Crippen LogP contribution in [0.3, 0.4) is 0 Å². The average molecular weight is 492 g/mol. The molecule has 184 valence electrons. The topological polar surface area (TPSA) is 77.2 Å². The number of hydrogen-bond donors (Lipinski definition) is 2. The minimum absolute atomic E-state index is 0.0489. The summed E-state index contributed by atoms with van der Waals surface area (Å²) in [7, 11) is 0. The highest BCUT2D eigenvalue weighted by atomic mass is 19.4. The lowest BCUT2D eigenvalue weighted by Crippen LogP contribution is -2.16. The van der Waals surface area contributed by atoms with Crippen LogP contribution in [0.1, 0.15) is 27.2 Å². The summed E-state index contributed by atoms with van der Waals surface area (Å²) in [5.41, 5.74) is 7.14. The van der Waals surface area contributed by atoms with Crippen LogP contribution >= 0.6 is 0 Å². The second kappa shape index (κ2) is 10.5. The number of carbonyl (C=O) groups excluding carboxylic acids is 1. The standard InChI is InChI=1S/C28H24F3N3O2/c1-18-16-23(19-6-3-2-4-7-19)24(17-25(18)28(29,30)31)27(35)34-21-10-12-22(13-11-21)36-15-14-20-8-5-9-26(32)33-20/h2-13,16-17H,14-15H2,1H3,(H2,32,33)(H,34,35). The van der Waals surface area contributed by atoms with Crippen molar-refractivity contribution in [3.05, 3.63) is 107 Å². The summed E-state index contributed by atoms with van der Waals surface area (Å²) in [5, 5.41) is 2.70. The maximum atomic E-state index is 13.6. The first-order valence-corrected chi connectivity index (χ1v) is 11.2. The first-order chi connectivity index (χ1) is 17.2. The lowest BCUT2D eigenvalue weighted by atomic mass is 9.93. The predicted molar refractivity (Wildman–Crippen MR) is 134 cm³/mol. The molecule has 4 aromatic rings. The first-order valence-electron chi connectivity index (χ1n) is 11.2. The van der Waals surface area contributed by atoms with E-state index < -0.39 is 17.6 Å². The molecule has 0 saturated carbocycles. The number of nitrogen functional groups attached to an aromatic ring is 1. The average Bonchev–Trinajstić information content (AvgIpc) is 2.85. The zero-order chi connectivity index (χ0) is 25.7. The Kier molecular flexibility index (Phi) is 7.24. The molecule has 0 spiro atoms. The number of alkyl halides is 3. The van der Waals surface area contributed by atoms with Crippen molar-refractivity contribution in [1.82, 2.24) is 4.98 Å². The molecule has 0 saturated heterocycles. The third kappa shape index (κ3) is 6.02. The van der Waals surface area contributed by atoms with Crippen molar-refractivity contribution in [3.63, 3.8) is 0 Å². The number of nitrogens with zero attached hydrogens (tertiary/aromatic N) is 1. The molecule has 0 atom stereocenters. The van der Waals surface area contributed by atoms with Crippen LogP contribution in [0.25, 0.3) is 11.1 Å². The van der Waals surface area contributed by atoms with Gasteiger partial charge in [-0.2, -0.15) is 13.2 Å². The summed E-state index contributed by atoms with van der Waals surface area (Å²) >= 11 is 0. The molecular formula is C28H24F3N3O2. The van der Waals surface area contributed by atoms with E-state index in [1.54, 1.807) is 60.7 Å². The Hall–Kier alpha value is -4.33. The summed E-state index contributed by atoms with van der Waals surface area (Å²) in [6, 6.07) is 23.2. The number of nitrogens with one attached hydrogen (secondary N) is 1. The molecule has 0 radical (unpaired) electrons. The number of aromatic nitrogens is 1. The fourth-order valence-electron chi connectivity index (χ4n) is 3.80. The van der Waals surface area contributed by atoms with E-state index in [0.717, 1.165) is 11.8 Å². The number of rotatable bonds is 7. The van der Waals surface area contributed by atoms with Gasteiger partial charge in [0.25, 0.3) is 5.91 Å². The molecular weight excluding hydrogens is 467 g/mol. The number of ether oxygens (including phenoxy) is 1. The molecule has 1 heterocycles. The molecule has 0 aliphatic carbocycles. The molecule has 0 fully saturated rings. The van der Waals surface area contributed by atoms with Crippen LogP contribution in [0, 0.1) is 6.92 Å². The Balaban J connectivity index is 1.50. The lowest BCUT2D eigenvalue weighted by Gasteiger charge is -2.17. The fraction of sp³-hybridized carbons (Fsp3) is 0.143. The smallest absolute Gasteiger partial charge is 0.416 e. The van der Waals surface area contributed by atoms with E-state index in [4.69, 9.17) is 10.5 Å².